The highest BCUT2D eigenvalue weighted by Gasteiger charge is 2.09. The molecule has 0 aromatic carbocycles. The third-order valence-corrected chi connectivity index (χ3v) is 2.14. The fourth-order valence-corrected chi connectivity index (χ4v) is 1.27. The van der Waals surface area contributed by atoms with Crippen LogP contribution in [0.5, 0.6) is 0 Å². The van der Waals surface area contributed by atoms with E-state index in [0.717, 1.165) is 6.20 Å². The molecule has 1 aromatic heterocycles. The average Bonchev–Trinajstić information content (AvgIpc) is 1.99. The summed E-state index contributed by atoms with van der Waals surface area (Å²) in [7, 11) is 0. The summed E-state index contributed by atoms with van der Waals surface area (Å²) >= 11 is 8.35. The molecule has 0 atom stereocenters. The summed E-state index contributed by atoms with van der Waals surface area (Å²) in [5.41, 5.74) is 0.0826. The molecule has 0 aliphatic heterocycles. The summed E-state index contributed by atoms with van der Waals surface area (Å²) in [6.45, 7) is 0. The third kappa shape index (κ3) is 1.57. The molecule has 0 N–H and O–H groups in total. The summed E-state index contributed by atoms with van der Waals surface area (Å²) in [6.07, 6.45) is 1.56. The molecule has 0 amide bonds. The van der Waals surface area contributed by atoms with Gasteiger partial charge in [-0.05, 0) is 15.9 Å². The van der Waals surface area contributed by atoms with E-state index in [9.17, 15) is 9.18 Å². The minimum atomic E-state index is -0.739. The first kappa shape index (κ1) is 8.62. The number of carbonyl (C=O) groups is 1. The molecule has 0 saturated carbocycles. The lowest BCUT2D eigenvalue weighted by Crippen LogP contribution is -1.91. The van der Waals surface area contributed by atoms with Gasteiger partial charge in [-0.2, -0.15) is 4.39 Å². The molecule has 1 rings (SSSR count). The van der Waals surface area contributed by atoms with Crippen LogP contribution in [0.3, 0.4) is 0 Å². The van der Waals surface area contributed by atoms with Gasteiger partial charge >= 0.3 is 0 Å². The Morgan fingerprint density at radius 3 is 2.82 bits per heavy atom. The molecule has 0 aliphatic rings. The van der Waals surface area contributed by atoms with Crippen molar-refractivity contribution in [2.45, 2.75) is 0 Å². The topological polar surface area (TPSA) is 30.0 Å². The lowest BCUT2D eigenvalue weighted by Gasteiger charge is -1.98. The van der Waals surface area contributed by atoms with Crippen LogP contribution < -0.4 is 0 Å². The van der Waals surface area contributed by atoms with Gasteiger partial charge in [0.1, 0.15) is 0 Å². The van der Waals surface area contributed by atoms with Gasteiger partial charge in [-0.25, -0.2) is 4.98 Å². The minimum Gasteiger partial charge on any atom is -0.298 e. The normalized spacial score (nSPS) is 9.73. The van der Waals surface area contributed by atoms with Gasteiger partial charge in [-0.15, -0.1) is 0 Å². The van der Waals surface area contributed by atoms with Crippen molar-refractivity contribution >= 4 is 33.8 Å². The largest absolute Gasteiger partial charge is 0.298 e. The number of halogens is 3. The first-order chi connectivity index (χ1) is 5.16. The van der Waals surface area contributed by atoms with E-state index in [1.165, 1.54) is 0 Å². The maximum Gasteiger partial charge on any atom is 0.227 e. The number of pyridine rings is 1. The Morgan fingerprint density at radius 2 is 2.36 bits per heavy atom. The fourth-order valence-electron chi connectivity index (χ4n) is 0.564. The molecule has 0 unspecified atom stereocenters. The lowest BCUT2D eigenvalue weighted by atomic mass is 10.3. The van der Waals surface area contributed by atoms with E-state index in [2.05, 4.69) is 20.9 Å². The second kappa shape index (κ2) is 3.28. The zero-order valence-corrected chi connectivity index (χ0v) is 7.49. The van der Waals surface area contributed by atoms with Crippen molar-refractivity contribution in [1.29, 1.82) is 0 Å². The van der Waals surface area contributed by atoms with Gasteiger partial charge in [0.05, 0.1) is 15.1 Å². The van der Waals surface area contributed by atoms with Gasteiger partial charge in [0.2, 0.25) is 5.95 Å². The molecule has 1 heterocycles. The molecule has 0 bridgehead atoms. The fraction of sp³-hybridized carbons (Fsp3) is 0. The van der Waals surface area contributed by atoms with Crippen LogP contribution in [-0.4, -0.2) is 11.3 Å². The van der Waals surface area contributed by atoms with Crippen LogP contribution in [0.2, 0.25) is 5.02 Å². The van der Waals surface area contributed by atoms with Gasteiger partial charge in [0.15, 0.2) is 6.29 Å². The van der Waals surface area contributed by atoms with Gasteiger partial charge in [-0.1, -0.05) is 11.6 Å². The molecule has 11 heavy (non-hydrogen) atoms. The van der Waals surface area contributed by atoms with Crippen LogP contribution in [0.25, 0.3) is 0 Å². The molecule has 0 radical (unpaired) electrons. The Kier molecular flexibility index (Phi) is 2.57. The first-order valence-corrected chi connectivity index (χ1v) is 3.78. The maximum absolute atomic E-state index is 12.6. The van der Waals surface area contributed by atoms with E-state index >= 15 is 0 Å². The van der Waals surface area contributed by atoms with Gasteiger partial charge in [0.25, 0.3) is 0 Å². The zero-order valence-electron chi connectivity index (χ0n) is 5.14. The second-order valence-electron chi connectivity index (χ2n) is 1.74. The highest BCUT2D eigenvalue weighted by Crippen LogP contribution is 2.23. The Hall–Kier alpha value is -0.480. The summed E-state index contributed by atoms with van der Waals surface area (Å²) in [4.78, 5) is 13.6. The molecule has 58 valence electrons. The van der Waals surface area contributed by atoms with Crippen LogP contribution in [0.15, 0.2) is 10.7 Å². The van der Waals surface area contributed by atoms with E-state index in [1.54, 1.807) is 0 Å². The molecule has 0 fully saturated rings. The molecule has 5 heteroatoms. The van der Waals surface area contributed by atoms with Gasteiger partial charge in [-0.3, -0.25) is 4.79 Å². The van der Waals surface area contributed by atoms with Crippen molar-refractivity contribution in [2.75, 3.05) is 0 Å². The van der Waals surface area contributed by atoms with Crippen molar-refractivity contribution in [1.82, 2.24) is 4.98 Å². The van der Waals surface area contributed by atoms with E-state index < -0.39 is 5.95 Å². The number of carbonyl (C=O) groups excluding carboxylic acids is 1. The predicted molar refractivity (Wildman–Crippen MR) is 42.3 cm³/mol. The zero-order chi connectivity index (χ0) is 8.43. The summed E-state index contributed by atoms with van der Waals surface area (Å²) < 4.78 is 12.6. The highest BCUT2D eigenvalue weighted by atomic mass is 79.9. The van der Waals surface area contributed by atoms with Crippen molar-refractivity contribution in [3.05, 3.63) is 27.2 Å². The van der Waals surface area contributed by atoms with Crippen molar-refractivity contribution in [2.24, 2.45) is 0 Å². The number of rotatable bonds is 1. The van der Waals surface area contributed by atoms with Gasteiger partial charge in [0, 0.05) is 6.20 Å². The van der Waals surface area contributed by atoms with Crippen molar-refractivity contribution in [3.63, 3.8) is 0 Å². The van der Waals surface area contributed by atoms with Crippen LogP contribution in [0, 0.1) is 5.95 Å². The average molecular weight is 238 g/mol. The maximum atomic E-state index is 12.6. The molecule has 2 nitrogen and oxygen atoms in total. The van der Waals surface area contributed by atoms with Crippen LogP contribution in [0.4, 0.5) is 4.39 Å². The number of nitrogens with zero attached hydrogens (tertiary/aromatic N) is 1. The second-order valence-corrected chi connectivity index (χ2v) is 2.94. The van der Waals surface area contributed by atoms with Gasteiger partial charge < -0.3 is 0 Å². The standard InChI is InChI=1S/C6H2BrClFNO/c7-5-3(2-11)4(8)1-10-6(5)9/h1-2H. The minimum absolute atomic E-state index is 0. The highest BCUT2D eigenvalue weighted by molar-refractivity contribution is 9.10. The Labute approximate surface area is 75.5 Å². The van der Waals surface area contributed by atoms with Crippen LogP contribution in [0.1, 0.15) is 10.4 Å². The molecule has 1 aromatic rings. The Balaban J connectivity index is 3.40. The number of aromatic nitrogens is 1. The van der Waals surface area contributed by atoms with E-state index in [-0.39, 0.29) is 15.1 Å². The van der Waals surface area contributed by atoms with Crippen molar-refractivity contribution < 1.29 is 9.18 Å². The third-order valence-electron chi connectivity index (χ3n) is 1.08. The lowest BCUT2D eigenvalue weighted by molar-refractivity contribution is 0.112. The van der Waals surface area contributed by atoms with E-state index in [0.29, 0.717) is 6.29 Å². The first-order valence-electron chi connectivity index (χ1n) is 2.61. The molecular weight excluding hydrogens is 236 g/mol. The number of aldehydes is 1. The number of hydrogen-bond donors (Lipinski definition) is 0. The number of hydrogen-bond acceptors (Lipinski definition) is 2. The SMILES string of the molecule is O=Cc1c(Cl)cnc(F)c1Br. The monoisotopic (exact) mass is 237 g/mol. The van der Waals surface area contributed by atoms with E-state index in [1.807, 2.05) is 0 Å². The molecule has 0 aliphatic carbocycles. The van der Waals surface area contributed by atoms with Crippen molar-refractivity contribution in [3.8, 4) is 0 Å². The summed E-state index contributed by atoms with van der Waals surface area (Å²) in [6, 6.07) is 0. The smallest absolute Gasteiger partial charge is 0.227 e. The summed E-state index contributed by atoms with van der Waals surface area (Å²) in [5.74, 6) is -0.739. The molecule has 0 saturated heterocycles. The van der Waals surface area contributed by atoms with Crippen LogP contribution >= 0.6 is 27.5 Å². The molecule has 0 spiro atoms. The van der Waals surface area contributed by atoms with E-state index in [4.69, 9.17) is 11.6 Å². The van der Waals surface area contributed by atoms with Crippen LogP contribution in [-0.2, 0) is 0 Å². The molecular formula is C6H2BrClFNO. The summed E-state index contributed by atoms with van der Waals surface area (Å²) in [5, 5.41) is 0.133. The Morgan fingerprint density at radius 1 is 1.73 bits per heavy atom. The quantitative estimate of drug-likeness (QED) is 0.556. The Bertz CT molecular complexity index is 305. The predicted octanol–water partition coefficient (Wildman–Crippen LogP) is 2.45.